The van der Waals surface area contributed by atoms with Gasteiger partial charge in [0.1, 0.15) is 17.7 Å². The van der Waals surface area contributed by atoms with Crippen molar-refractivity contribution in [2.75, 3.05) is 18.1 Å². The first kappa shape index (κ1) is 11.2. The molecule has 3 aromatic rings. The van der Waals surface area contributed by atoms with Gasteiger partial charge in [-0.3, -0.25) is 4.40 Å². The molecule has 2 N–H and O–H groups in total. The van der Waals surface area contributed by atoms with Crippen LogP contribution in [0.5, 0.6) is 0 Å². The topological polar surface area (TPSA) is 83.8 Å². The predicted molar refractivity (Wildman–Crippen MR) is 73.3 cm³/mol. The summed E-state index contributed by atoms with van der Waals surface area (Å²) in [4.78, 5) is 11.5. The molecule has 0 saturated carbocycles. The number of hydrogen-bond donors (Lipinski definition) is 2. The van der Waals surface area contributed by atoms with Crippen LogP contribution in [-0.2, 0) is 6.42 Å². The molecule has 1 saturated heterocycles. The molecule has 8 heteroatoms. The third-order valence-electron chi connectivity index (χ3n) is 3.33. The largest absolute Gasteiger partial charge is 0.340 e. The highest BCUT2D eigenvalue weighted by Crippen LogP contribution is 2.15. The molecular formula is C11H13N7S. The molecule has 1 unspecified atom stereocenters. The van der Waals surface area contributed by atoms with E-state index in [4.69, 9.17) is 0 Å². The first-order valence-corrected chi connectivity index (χ1v) is 7.40. The molecule has 0 bridgehead atoms. The van der Waals surface area contributed by atoms with Gasteiger partial charge in [0.05, 0.1) is 6.33 Å². The number of aromatic nitrogens is 6. The third kappa shape index (κ3) is 1.87. The fraction of sp³-hybridized carbons (Fsp3) is 0.455. The van der Waals surface area contributed by atoms with Gasteiger partial charge in [0.2, 0.25) is 0 Å². The number of imidazole rings is 1. The summed E-state index contributed by atoms with van der Waals surface area (Å²) in [6.07, 6.45) is 4.25. The van der Waals surface area contributed by atoms with Crippen molar-refractivity contribution in [3.8, 4) is 0 Å². The Kier molecular flexibility index (Phi) is 2.63. The van der Waals surface area contributed by atoms with E-state index in [2.05, 4.69) is 30.5 Å². The number of aromatic amines is 1. The Labute approximate surface area is 113 Å². The third-order valence-corrected chi connectivity index (χ3v) is 4.46. The minimum Gasteiger partial charge on any atom is -0.340 e. The van der Waals surface area contributed by atoms with Crippen LogP contribution < -0.4 is 5.32 Å². The lowest BCUT2D eigenvalue weighted by Crippen LogP contribution is -2.39. The molecule has 7 nitrogen and oxygen atoms in total. The second-order valence-corrected chi connectivity index (χ2v) is 5.74. The number of rotatable bonds is 2. The summed E-state index contributed by atoms with van der Waals surface area (Å²) in [5.74, 6) is 3.25. The van der Waals surface area contributed by atoms with Crippen molar-refractivity contribution in [1.82, 2.24) is 34.9 Å². The van der Waals surface area contributed by atoms with Crippen LogP contribution in [0.2, 0.25) is 0 Å². The Hall–Kier alpha value is -1.67. The average Bonchev–Trinajstić information content (AvgIpc) is 3.06. The van der Waals surface area contributed by atoms with E-state index in [1.54, 1.807) is 12.7 Å². The number of hydrogen-bond acceptors (Lipinski definition) is 6. The van der Waals surface area contributed by atoms with Gasteiger partial charge in [-0.2, -0.15) is 11.8 Å². The monoisotopic (exact) mass is 275 g/mol. The first-order chi connectivity index (χ1) is 9.42. The molecule has 0 aliphatic carbocycles. The highest BCUT2D eigenvalue weighted by atomic mass is 32.2. The van der Waals surface area contributed by atoms with Crippen molar-refractivity contribution in [2.24, 2.45) is 0 Å². The molecule has 1 atom stereocenters. The summed E-state index contributed by atoms with van der Waals surface area (Å²) in [6.45, 7) is 1.06. The minimum atomic E-state index is 0.462. The van der Waals surface area contributed by atoms with E-state index in [9.17, 15) is 0 Å². The van der Waals surface area contributed by atoms with Crippen molar-refractivity contribution in [3.05, 3.63) is 18.5 Å². The average molecular weight is 275 g/mol. The van der Waals surface area contributed by atoms with Gasteiger partial charge in [0, 0.05) is 30.5 Å². The van der Waals surface area contributed by atoms with E-state index in [0.29, 0.717) is 11.7 Å². The molecule has 1 aliphatic rings. The maximum atomic E-state index is 4.31. The predicted octanol–water partition coefficient (Wildman–Crippen LogP) is 0.248. The summed E-state index contributed by atoms with van der Waals surface area (Å²) < 4.78 is 1.95. The highest BCUT2D eigenvalue weighted by Gasteiger charge is 2.18. The molecule has 3 aromatic heterocycles. The summed E-state index contributed by atoms with van der Waals surface area (Å²) in [5, 5.41) is 12.1. The molecule has 0 radical (unpaired) electrons. The number of nitrogens with one attached hydrogen (secondary N) is 2. The van der Waals surface area contributed by atoms with Crippen LogP contribution in [0.1, 0.15) is 5.82 Å². The van der Waals surface area contributed by atoms with Crippen LogP contribution in [-0.4, -0.2) is 53.6 Å². The van der Waals surface area contributed by atoms with E-state index in [0.717, 1.165) is 35.7 Å². The standard InChI is InChI=1S/C11H13N7S/c1-2-19-4-7(12-1)3-8-16-17-11-9-10(14-5-13-9)15-6-18(8)11/h5-7,12H,1-4H2,(H,13,14). The van der Waals surface area contributed by atoms with Crippen LogP contribution in [0.25, 0.3) is 16.8 Å². The van der Waals surface area contributed by atoms with Gasteiger partial charge >= 0.3 is 0 Å². The van der Waals surface area contributed by atoms with Crippen molar-refractivity contribution in [1.29, 1.82) is 0 Å². The first-order valence-electron chi connectivity index (χ1n) is 6.24. The molecule has 0 amide bonds. The van der Waals surface area contributed by atoms with Crippen LogP contribution >= 0.6 is 11.8 Å². The van der Waals surface area contributed by atoms with Crippen LogP contribution in [0.4, 0.5) is 0 Å². The Morgan fingerprint density at radius 3 is 3.26 bits per heavy atom. The normalized spacial score (nSPS) is 20.3. The molecule has 1 aliphatic heterocycles. The molecular weight excluding hydrogens is 262 g/mol. The zero-order chi connectivity index (χ0) is 12.7. The van der Waals surface area contributed by atoms with Crippen molar-refractivity contribution < 1.29 is 0 Å². The smallest absolute Gasteiger partial charge is 0.189 e. The van der Waals surface area contributed by atoms with Gasteiger partial charge in [-0.05, 0) is 0 Å². The van der Waals surface area contributed by atoms with Crippen molar-refractivity contribution in [2.45, 2.75) is 12.5 Å². The lowest BCUT2D eigenvalue weighted by molar-refractivity contribution is 0.547. The Morgan fingerprint density at radius 1 is 1.37 bits per heavy atom. The van der Waals surface area contributed by atoms with Gasteiger partial charge in [0.15, 0.2) is 11.3 Å². The number of fused-ring (bicyclic) bond motifs is 3. The van der Waals surface area contributed by atoms with Gasteiger partial charge < -0.3 is 10.3 Å². The van der Waals surface area contributed by atoms with Crippen LogP contribution in [0.3, 0.4) is 0 Å². The lowest BCUT2D eigenvalue weighted by atomic mass is 10.2. The Bertz CT molecular complexity index is 712. The fourth-order valence-electron chi connectivity index (χ4n) is 2.39. The van der Waals surface area contributed by atoms with Gasteiger partial charge in [-0.25, -0.2) is 9.97 Å². The maximum Gasteiger partial charge on any atom is 0.189 e. The zero-order valence-electron chi connectivity index (χ0n) is 10.2. The zero-order valence-corrected chi connectivity index (χ0v) is 11.0. The summed E-state index contributed by atoms with van der Waals surface area (Å²) in [5.41, 5.74) is 2.31. The van der Waals surface area contributed by atoms with Crippen LogP contribution in [0, 0.1) is 0 Å². The van der Waals surface area contributed by atoms with Crippen molar-refractivity contribution in [3.63, 3.8) is 0 Å². The minimum absolute atomic E-state index is 0.462. The molecule has 98 valence electrons. The fourth-order valence-corrected chi connectivity index (χ4v) is 3.34. The maximum absolute atomic E-state index is 4.31. The van der Waals surface area contributed by atoms with E-state index < -0.39 is 0 Å². The number of H-pyrrole nitrogens is 1. The molecule has 0 aromatic carbocycles. The van der Waals surface area contributed by atoms with E-state index in [1.807, 2.05) is 16.2 Å². The second-order valence-electron chi connectivity index (χ2n) is 4.59. The molecule has 19 heavy (non-hydrogen) atoms. The summed E-state index contributed by atoms with van der Waals surface area (Å²) >= 11 is 1.98. The number of nitrogens with zero attached hydrogens (tertiary/aromatic N) is 5. The van der Waals surface area contributed by atoms with E-state index in [-0.39, 0.29) is 0 Å². The summed E-state index contributed by atoms with van der Waals surface area (Å²) in [7, 11) is 0. The molecule has 4 rings (SSSR count). The highest BCUT2D eigenvalue weighted by molar-refractivity contribution is 7.99. The Balaban J connectivity index is 1.73. The SMILES string of the molecule is c1nc2ncn3c(CC4CSCCN4)nnc3c2[nH]1. The second kappa shape index (κ2) is 4.46. The lowest BCUT2D eigenvalue weighted by Gasteiger charge is -2.22. The van der Waals surface area contributed by atoms with E-state index >= 15 is 0 Å². The Morgan fingerprint density at radius 2 is 2.37 bits per heavy atom. The van der Waals surface area contributed by atoms with Gasteiger partial charge in [0.25, 0.3) is 0 Å². The van der Waals surface area contributed by atoms with Crippen LogP contribution in [0.15, 0.2) is 12.7 Å². The molecule has 1 fully saturated rings. The van der Waals surface area contributed by atoms with E-state index in [1.165, 1.54) is 5.75 Å². The molecule has 0 spiro atoms. The van der Waals surface area contributed by atoms with Crippen molar-refractivity contribution >= 4 is 28.6 Å². The van der Waals surface area contributed by atoms with Gasteiger partial charge in [-0.15, -0.1) is 10.2 Å². The number of thioether (sulfide) groups is 1. The molecule has 4 heterocycles. The summed E-state index contributed by atoms with van der Waals surface area (Å²) in [6, 6.07) is 0.462. The quantitative estimate of drug-likeness (QED) is 0.697. The van der Waals surface area contributed by atoms with Gasteiger partial charge in [-0.1, -0.05) is 0 Å².